The van der Waals surface area contributed by atoms with Crippen molar-refractivity contribution in [2.24, 2.45) is 7.05 Å². The lowest BCUT2D eigenvalue weighted by Gasteiger charge is -2.29. The standard InChI is InChI=1S/C15H25ClN4O/c1-4-12-14(16)13(19(3)18-12)10-17-11(2)15(21)20-8-6-5-7-9-20/h11,17H,4-10H2,1-3H3. The van der Waals surface area contributed by atoms with Crippen molar-refractivity contribution in [3.05, 3.63) is 16.4 Å². The summed E-state index contributed by atoms with van der Waals surface area (Å²) in [5, 5.41) is 8.38. The van der Waals surface area contributed by atoms with Crippen molar-refractivity contribution < 1.29 is 4.79 Å². The monoisotopic (exact) mass is 312 g/mol. The predicted octanol–water partition coefficient (Wildman–Crippen LogP) is 2.13. The second-order valence-corrected chi connectivity index (χ2v) is 6.05. The maximum absolute atomic E-state index is 12.4. The number of hydrogen-bond donors (Lipinski definition) is 1. The van der Waals surface area contributed by atoms with E-state index in [9.17, 15) is 4.79 Å². The minimum absolute atomic E-state index is 0.184. The Morgan fingerprint density at radius 1 is 1.38 bits per heavy atom. The Bertz CT molecular complexity index is 494. The third-order valence-corrected chi connectivity index (χ3v) is 4.55. The second kappa shape index (κ2) is 7.27. The number of likely N-dealkylation sites (tertiary alicyclic amines) is 1. The van der Waals surface area contributed by atoms with Crippen molar-refractivity contribution in [3.63, 3.8) is 0 Å². The molecule has 2 rings (SSSR count). The van der Waals surface area contributed by atoms with E-state index in [1.54, 1.807) is 4.68 Å². The van der Waals surface area contributed by atoms with Crippen LogP contribution in [0.5, 0.6) is 0 Å². The van der Waals surface area contributed by atoms with Crippen molar-refractivity contribution in [2.45, 2.75) is 52.1 Å². The van der Waals surface area contributed by atoms with Crippen molar-refractivity contribution in [1.29, 1.82) is 0 Å². The Labute approximate surface area is 131 Å². The summed E-state index contributed by atoms with van der Waals surface area (Å²) < 4.78 is 1.80. The number of piperidine rings is 1. The molecule has 0 aromatic carbocycles. The van der Waals surface area contributed by atoms with Crippen LogP contribution in [0.15, 0.2) is 0 Å². The van der Waals surface area contributed by atoms with Crippen molar-refractivity contribution in [3.8, 4) is 0 Å². The van der Waals surface area contributed by atoms with Gasteiger partial charge >= 0.3 is 0 Å². The largest absolute Gasteiger partial charge is 0.341 e. The molecule has 0 aliphatic carbocycles. The number of rotatable bonds is 5. The van der Waals surface area contributed by atoms with Crippen LogP contribution in [-0.2, 0) is 24.8 Å². The number of halogens is 1. The molecule has 0 radical (unpaired) electrons. The van der Waals surface area contributed by atoms with Crippen LogP contribution in [0.25, 0.3) is 0 Å². The van der Waals surface area contributed by atoms with Gasteiger partial charge in [-0.15, -0.1) is 0 Å². The lowest BCUT2D eigenvalue weighted by atomic mass is 10.1. The zero-order valence-corrected chi connectivity index (χ0v) is 13.9. The van der Waals surface area contributed by atoms with Gasteiger partial charge in [-0.1, -0.05) is 18.5 Å². The van der Waals surface area contributed by atoms with E-state index in [1.165, 1.54) is 6.42 Å². The van der Waals surface area contributed by atoms with Crippen LogP contribution in [0.2, 0.25) is 5.02 Å². The molecule has 1 unspecified atom stereocenters. The molecule has 0 saturated carbocycles. The van der Waals surface area contributed by atoms with Crippen LogP contribution in [0.4, 0.5) is 0 Å². The zero-order chi connectivity index (χ0) is 15.4. The number of hydrogen-bond acceptors (Lipinski definition) is 3. The van der Waals surface area contributed by atoms with Crippen LogP contribution >= 0.6 is 11.6 Å². The molecule has 1 amide bonds. The summed E-state index contributed by atoms with van der Waals surface area (Å²) in [5.74, 6) is 0.184. The normalized spacial score (nSPS) is 17.0. The summed E-state index contributed by atoms with van der Waals surface area (Å²) in [4.78, 5) is 14.3. The molecule has 0 bridgehead atoms. The van der Waals surface area contributed by atoms with Gasteiger partial charge in [-0.3, -0.25) is 9.48 Å². The number of carbonyl (C=O) groups is 1. The maximum Gasteiger partial charge on any atom is 0.239 e. The number of aromatic nitrogens is 2. The summed E-state index contributed by atoms with van der Waals surface area (Å²) in [6, 6.07) is -0.195. The Hall–Kier alpha value is -1.07. The van der Waals surface area contributed by atoms with Gasteiger partial charge < -0.3 is 10.2 Å². The lowest BCUT2D eigenvalue weighted by Crippen LogP contribution is -2.46. The molecule has 1 aliphatic heterocycles. The summed E-state index contributed by atoms with van der Waals surface area (Å²) in [5.41, 5.74) is 1.85. The molecule has 1 fully saturated rings. The molecule has 21 heavy (non-hydrogen) atoms. The van der Waals surface area contributed by atoms with Gasteiger partial charge in [0.1, 0.15) is 0 Å². The first-order valence-corrected chi connectivity index (χ1v) is 8.14. The van der Waals surface area contributed by atoms with E-state index < -0.39 is 0 Å². The van der Waals surface area contributed by atoms with Crippen molar-refractivity contribution >= 4 is 17.5 Å². The topological polar surface area (TPSA) is 50.2 Å². The zero-order valence-electron chi connectivity index (χ0n) is 13.2. The molecule has 2 heterocycles. The van der Waals surface area contributed by atoms with Gasteiger partial charge in [-0.05, 0) is 32.6 Å². The highest BCUT2D eigenvalue weighted by atomic mass is 35.5. The first-order valence-electron chi connectivity index (χ1n) is 7.77. The summed E-state index contributed by atoms with van der Waals surface area (Å²) >= 11 is 6.32. The Balaban J connectivity index is 1.93. The number of carbonyl (C=O) groups excluding carboxylic acids is 1. The molecular formula is C15H25ClN4O. The minimum Gasteiger partial charge on any atom is -0.341 e. The molecule has 0 spiro atoms. The van der Waals surface area contributed by atoms with E-state index in [4.69, 9.17) is 11.6 Å². The molecule has 1 aromatic rings. The number of aryl methyl sites for hydroxylation is 2. The summed E-state index contributed by atoms with van der Waals surface area (Å²) in [6.07, 6.45) is 4.28. The average molecular weight is 313 g/mol. The van der Waals surface area contributed by atoms with Gasteiger partial charge in [0, 0.05) is 26.7 Å². The third kappa shape index (κ3) is 3.77. The Kier molecular flexibility index (Phi) is 5.65. The molecular weight excluding hydrogens is 288 g/mol. The molecule has 1 saturated heterocycles. The van der Waals surface area contributed by atoms with Crippen molar-refractivity contribution in [2.75, 3.05) is 13.1 Å². The Morgan fingerprint density at radius 2 is 2.05 bits per heavy atom. The molecule has 118 valence electrons. The van der Waals surface area contributed by atoms with Crippen LogP contribution in [-0.4, -0.2) is 39.7 Å². The van der Waals surface area contributed by atoms with Gasteiger partial charge in [0.05, 0.1) is 22.5 Å². The maximum atomic E-state index is 12.4. The summed E-state index contributed by atoms with van der Waals surface area (Å²) in [6.45, 7) is 6.29. The molecule has 1 aliphatic rings. The smallest absolute Gasteiger partial charge is 0.239 e. The SMILES string of the molecule is CCc1nn(C)c(CNC(C)C(=O)N2CCCCC2)c1Cl. The van der Waals surface area contributed by atoms with E-state index in [2.05, 4.69) is 10.4 Å². The fourth-order valence-corrected chi connectivity index (χ4v) is 3.10. The van der Waals surface area contributed by atoms with Crippen LogP contribution in [0, 0.1) is 0 Å². The number of amides is 1. The number of nitrogens with one attached hydrogen (secondary N) is 1. The highest BCUT2D eigenvalue weighted by Crippen LogP contribution is 2.20. The third-order valence-electron chi connectivity index (χ3n) is 4.12. The fourth-order valence-electron chi connectivity index (χ4n) is 2.74. The van der Waals surface area contributed by atoms with E-state index in [0.29, 0.717) is 11.6 Å². The van der Waals surface area contributed by atoms with E-state index in [0.717, 1.165) is 43.7 Å². The fraction of sp³-hybridized carbons (Fsp3) is 0.733. The first kappa shape index (κ1) is 16.3. The number of nitrogens with zero attached hydrogens (tertiary/aromatic N) is 3. The molecule has 1 N–H and O–H groups in total. The van der Waals surface area contributed by atoms with Crippen LogP contribution in [0.1, 0.15) is 44.5 Å². The van der Waals surface area contributed by atoms with Crippen LogP contribution < -0.4 is 5.32 Å². The van der Waals surface area contributed by atoms with Crippen LogP contribution in [0.3, 0.4) is 0 Å². The first-order chi connectivity index (χ1) is 10.0. The Morgan fingerprint density at radius 3 is 2.62 bits per heavy atom. The molecule has 5 nitrogen and oxygen atoms in total. The predicted molar refractivity (Wildman–Crippen MR) is 84.3 cm³/mol. The average Bonchev–Trinajstić information content (AvgIpc) is 2.79. The van der Waals surface area contributed by atoms with E-state index in [1.807, 2.05) is 25.8 Å². The van der Waals surface area contributed by atoms with E-state index >= 15 is 0 Å². The van der Waals surface area contributed by atoms with Gasteiger partial charge in [0.2, 0.25) is 5.91 Å². The van der Waals surface area contributed by atoms with Gasteiger partial charge in [0.25, 0.3) is 0 Å². The van der Waals surface area contributed by atoms with Gasteiger partial charge in [-0.25, -0.2) is 0 Å². The van der Waals surface area contributed by atoms with E-state index in [-0.39, 0.29) is 11.9 Å². The minimum atomic E-state index is -0.195. The van der Waals surface area contributed by atoms with Gasteiger partial charge in [0.15, 0.2) is 0 Å². The lowest BCUT2D eigenvalue weighted by molar-refractivity contribution is -0.133. The quantitative estimate of drug-likeness (QED) is 0.906. The highest BCUT2D eigenvalue weighted by molar-refractivity contribution is 6.31. The highest BCUT2D eigenvalue weighted by Gasteiger charge is 2.22. The molecule has 6 heteroatoms. The van der Waals surface area contributed by atoms with Crippen molar-refractivity contribution in [1.82, 2.24) is 20.0 Å². The second-order valence-electron chi connectivity index (χ2n) is 5.67. The molecule has 1 atom stereocenters. The van der Waals surface area contributed by atoms with Gasteiger partial charge in [-0.2, -0.15) is 5.10 Å². The summed E-state index contributed by atoms with van der Waals surface area (Å²) in [7, 11) is 1.89. The molecule has 1 aromatic heterocycles.